The summed E-state index contributed by atoms with van der Waals surface area (Å²) >= 11 is 6.14. The Labute approximate surface area is 196 Å². The standard InChI is InChI=1S/C27H22ClNO4/c1-16-3-7-18(8-4-16)24-23-25(30)21-15-19(28)9-12-22(21)33-26(23)27(31)29(24)14-13-17-5-10-20(32-2)11-6-17/h3-12,15,24H,13-14H2,1-2H3/t24-/m1/s1. The van der Waals surface area contributed by atoms with E-state index >= 15 is 0 Å². The van der Waals surface area contributed by atoms with Gasteiger partial charge in [0.15, 0.2) is 5.43 Å². The summed E-state index contributed by atoms with van der Waals surface area (Å²) < 4.78 is 11.2. The van der Waals surface area contributed by atoms with E-state index < -0.39 is 6.04 Å². The fraction of sp³-hybridized carbons (Fsp3) is 0.185. The average Bonchev–Trinajstić information content (AvgIpc) is 3.11. The summed E-state index contributed by atoms with van der Waals surface area (Å²) in [5, 5.41) is 0.825. The predicted molar refractivity (Wildman–Crippen MR) is 128 cm³/mol. The number of halogens is 1. The summed E-state index contributed by atoms with van der Waals surface area (Å²) in [6, 6.07) is 20.0. The lowest BCUT2D eigenvalue weighted by molar-refractivity contribution is 0.0730. The molecule has 5 nitrogen and oxygen atoms in total. The van der Waals surface area contributed by atoms with Gasteiger partial charge < -0.3 is 14.1 Å². The second-order valence-corrected chi connectivity index (χ2v) is 8.66. The maximum atomic E-state index is 13.5. The van der Waals surface area contributed by atoms with Gasteiger partial charge in [0, 0.05) is 11.6 Å². The van der Waals surface area contributed by atoms with Crippen LogP contribution in [0.5, 0.6) is 5.75 Å². The van der Waals surface area contributed by atoms with E-state index in [1.165, 1.54) is 0 Å². The molecule has 0 fully saturated rings. The molecule has 0 spiro atoms. The lowest BCUT2D eigenvalue weighted by Crippen LogP contribution is -2.31. The van der Waals surface area contributed by atoms with E-state index in [0.717, 1.165) is 22.4 Å². The Hall–Kier alpha value is -3.57. The van der Waals surface area contributed by atoms with Crippen molar-refractivity contribution < 1.29 is 13.9 Å². The number of carbonyl (C=O) groups is 1. The van der Waals surface area contributed by atoms with Gasteiger partial charge in [0.25, 0.3) is 5.91 Å². The highest BCUT2D eigenvalue weighted by atomic mass is 35.5. The van der Waals surface area contributed by atoms with Crippen molar-refractivity contribution in [3.05, 3.63) is 110 Å². The molecule has 3 aromatic carbocycles. The minimum Gasteiger partial charge on any atom is -0.497 e. The summed E-state index contributed by atoms with van der Waals surface area (Å²) in [5.41, 5.74) is 3.55. The maximum absolute atomic E-state index is 13.5. The summed E-state index contributed by atoms with van der Waals surface area (Å²) in [5.74, 6) is 0.606. The molecule has 33 heavy (non-hydrogen) atoms. The summed E-state index contributed by atoms with van der Waals surface area (Å²) in [4.78, 5) is 28.8. The zero-order valence-electron chi connectivity index (χ0n) is 18.3. The van der Waals surface area contributed by atoms with Crippen molar-refractivity contribution in [1.82, 2.24) is 4.90 Å². The Balaban J connectivity index is 1.60. The van der Waals surface area contributed by atoms with Gasteiger partial charge in [-0.1, -0.05) is 53.6 Å². The van der Waals surface area contributed by atoms with Gasteiger partial charge in [-0.2, -0.15) is 0 Å². The monoisotopic (exact) mass is 459 g/mol. The molecule has 2 heterocycles. The van der Waals surface area contributed by atoms with Gasteiger partial charge in [-0.05, 0) is 54.8 Å². The number of ether oxygens (including phenoxy) is 1. The van der Waals surface area contributed by atoms with E-state index in [9.17, 15) is 9.59 Å². The number of hydrogen-bond acceptors (Lipinski definition) is 4. The number of carbonyl (C=O) groups excluding carboxylic acids is 1. The first-order valence-corrected chi connectivity index (χ1v) is 11.1. The molecular weight excluding hydrogens is 438 g/mol. The molecule has 1 aliphatic rings. The molecule has 0 saturated heterocycles. The number of nitrogens with zero attached hydrogens (tertiary/aromatic N) is 1. The Morgan fingerprint density at radius 1 is 1.00 bits per heavy atom. The van der Waals surface area contributed by atoms with Gasteiger partial charge >= 0.3 is 0 Å². The second kappa shape index (κ2) is 8.41. The summed E-state index contributed by atoms with van der Waals surface area (Å²) in [6.45, 7) is 2.44. The lowest BCUT2D eigenvalue weighted by atomic mass is 9.97. The topological polar surface area (TPSA) is 59.8 Å². The average molecular weight is 460 g/mol. The fourth-order valence-electron chi connectivity index (χ4n) is 4.36. The molecule has 0 radical (unpaired) electrons. The van der Waals surface area contributed by atoms with Crippen LogP contribution in [0, 0.1) is 6.92 Å². The van der Waals surface area contributed by atoms with Crippen molar-refractivity contribution in [2.75, 3.05) is 13.7 Å². The predicted octanol–water partition coefficient (Wildman–Crippen LogP) is 5.55. The van der Waals surface area contributed by atoms with Crippen molar-refractivity contribution in [3.63, 3.8) is 0 Å². The molecule has 1 amide bonds. The van der Waals surface area contributed by atoms with E-state index in [-0.39, 0.29) is 17.1 Å². The first-order chi connectivity index (χ1) is 16.0. The first kappa shape index (κ1) is 21.3. The third kappa shape index (κ3) is 3.79. The van der Waals surface area contributed by atoms with E-state index in [1.807, 2.05) is 55.5 Å². The zero-order valence-corrected chi connectivity index (χ0v) is 19.1. The molecular formula is C27H22ClNO4. The van der Waals surface area contributed by atoms with Crippen LogP contribution in [-0.2, 0) is 6.42 Å². The van der Waals surface area contributed by atoms with Gasteiger partial charge in [-0.3, -0.25) is 9.59 Å². The molecule has 1 aromatic heterocycles. The Morgan fingerprint density at radius 2 is 1.73 bits per heavy atom. The number of amides is 1. The van der Waals surface area contributed by atoms with Crippen molar-refractivity contribution in [1.29, 1.82) is 0 Å². The third-order valence-corrected chi connectivity index (χ3v) is 6.36. The molecule has 1 aliphatic heterocycles. The molecule has 166 valence electrons. The maximum Gasteiger partial charge on any atom is 0.290 e. The van der Waals surface area contributed by atoms with Crippen LogP contribution in [0.25, 0.3) is 11.0 Å². The zero-order chi connectivity index (χ0) is 23.1. The van der Waals surface area contributed by atoms with Crippen molar-refractivity contribution >= 4 is 28.5 Å². The fourth-order valence-corrected chi connectivity index (χ4v) is 4.53. The molecule has 0 saturated carbocycles. The van der Waals surface area contributed by atoms with E-state index in [2.05, 4.69) is 0 Å². The number of rotatable bonds is 5. The van der Waals surface area contributed by atoms with Crippen LogP contribution in [0.2, 0.25) is 5.02 Å². The smallest absolute Gasteiger partial charge is 0.290 e. The van der Waals surface area contributed by atoms with Gasteiger partial charge in [0.2, 0.25) is 5.76 Å². The van der Waals surface area contributed by atoms with Crippen molar-refractivity contribution in [3.8, 4) is 5.75 Å². The minimum atomic E-state index is -0.522. The molecule has 0 unspecified atom stereocenters. The number of fused-ring (bicyclic) bond motifs is 2. The Kier molecular flexibility index (Phi) is 5.43. The van der Waals surface area contributed by atoms with E-state index in [1.54, 1.807) is 30.2 Å². The first-order valence-electron chi connectivity index (χ1n) is 10.7. The molecule has 0 bridgehead atoms. The van der Waals surface area contributed by atoms with Crippen LogP contribution in [0.3, 0.4) is 0 Å². The Bertz CT molecular complexity index is 1410. The quantitative estimate of drug-likeness (QED) is 0.392. The normalized spacial score (nSPS) is 15.2. The van der Waals surface area contributed by atoms with Crippen LogP contribution < -0.4 is 10.2 Å². The summed E-state index contributed by atoms with van der Waals surface area (Å²) in [7, 11) is 1.63. The SMILES string of the molecule is COc1ccc(CCN2C(=O)c3oc4ccc(Cl)cc4c(=O)c3[C@H]2c2ccc(C)cc2)cc1. The molecule has 0 N–H and O–H groups in total. The van der Waals surface area contributed by atoms with Crippen LogP contribution in [-0.4, -0.2) is 24.5 Å². The van der Waals surface area contributed by atoms with Gasteiger partial charge in [0.05, 0.1) is 24.1 Å². The van der Waals surface area contributed by atoms with Crippen LogP contribution in [0.15, 0.2) is 75.9 Å². The highest BCUT2D eigenvalue weighted by molar-refractivity contribution is 6.31. The molecule has 5 rings (SSSR count). The lowest BCUT2D eigenvalue weighted by Gasteiger charge is -2.25. The van der Waals surface area contributed by atoms with Crippen molar-refractivity contribution in [2.45, 2.75) is 19.4 Å². The van der Waals surface area contributed by atoms with Gasteiger partial charge in [-0.15, -0.1) is 0 Å². The molecule has 6 heteroatoms. The van der Waals surface area contributed by atoms with E-state index in [4.69, 9.17) is 20.8 Å². The highest BCUT2D eigenvalue weighted by Gasteiger charge is 2.42. The van der Waals surface area contributed by atoms with Crippen LogP contribution in [0.4, 0.5) is 0 Å². The molecule has 1 atom stereocenters. The highest BCUT2D eigenvalue weighted by Crippen LogP contribution is 2.38. The minimum absolute atomic E-state index is 0.107. The second-order valence-electron chi connectivity index (χ2n) is 8.22. The largest absolute Gasteiger partial charge is 0.497 e. The van der Waals surface area contributed by atoms with E-state index in [0.29, 0.717) is 34.5 Å². The van der Waals surface area contributed by atoms with Gasteiger partial charge in [-0.25, -0.2) is 0 Å². The molecule has 0 aliphatic carbocycles. The number of aryl methyl sites for hydroxylation is 1. The third-order valence-electron chi connectivity index (χ3n) is 6.12. The Morgan fingerprint density at radius 3 is 2.42 bits per heavy atom. The van der Waals surface area contributed by atoms with Crippen LogP contribution >= 0.6 is 11.6 Å². The number of hydrogen-bond donors (Lipinski definition) is 0. The van der Waals surface area contributed by atoms with Gasteiger partial charge in [0.1, 0.15) is 11.3 Å². The summed E-state index contributed by atoms with van der Waals surface area (Å²) in [6.07, 6.45) is 0.631. The van der Waals surface area contributed by atoms with Crippen molar-refractivity contribution in [2.24, 2.45) is 0 Å². The van der Waals surface area contributed by atoms with Crippen LogP contribution in [0.1, 0.15) is 38.9 Å². The molecule has 4 aromatic rings. The number of methoxy groups -OCH3 is 1. The number of benzene rings is 3.